The predicted octanol–water partition coefficient (Wildman–Crippen LogP) is 2.51. The lowest BCUT2D eigenvalue weighted by Gasteiger charge is -2.33. The standard InChI is InChI=1S/C16H25N3O4/c1-16(2,3)23-15(20)19-7-5-6-12(9-19)10-22-14-8-13(21-4)17-11-18-14/h8,11-12H,5-7,9-10H2,1-4H3. The SMILES string of the molecule is COc1cc(OCC2CCCN(C(=O)OC(C)(C)C)C2)ncn1. The molecule has 0 N–H and O–H groups in total. The van der Waals surface area contributed by atoms with Gasteiger partial charge in [-0.1, -0.05) is 0 Å². The molecule has 7 nitrogen and oxygen atoms in total. The Labute approximate surface area is 137 Å². The Kier molecular flexibility index (Phi) is 5.63. The summed E-state index contributed by atoms with van der Waals surface area (Å²) in [6.07, 6.45) is 3.11. The first-order chi connectivity index (χ1) is 10.9. The molecule has 0 saturated carbocycles. The molecule has 0 aromatic carbocycles. The van der Waals surface area contributed by atoms with Gasteiger partial charge < -0.3 is 19.1 Å². The van der Waals surface area contributed by atoms with Gasteiger partial charge in [-0.15, -0.1) is 0 Å². The number of hydrogen-bond donors (Lipinski definition) is 0. The van der Waals surface area contributed by atoms with Gasteiger partial charge in [-0.05, 0) is 33.6 Å². The molecule has 1 atom stereocenters. The molecule has 23 heavy (non-hydrogen) atoms. The van der Waals surface area contributed by atoms with Crippen molar-refractivity contribution in [2.45, 2.75) is 39.2 Å². The Balaban J connectivity index is 1.85. The molecular weight excluding hydrogens is 298 g/mol. The minimum Gasteiger partial charge on any atom is -0.481 e. The lowest BCUT2D eigenvalue weighted by molar-refractivity contribution is 0.0138. The molecule has 0 bridgehead atoms. The van der Waals surface area contributed by atoms with Crippen LogP contribution in [0.2, 0.25) is 0 Å². The lowest BCUT2D eigenvalue weighted by Crippen LogP contribution is -2.44. The zero-order valence-corrected chi connectivity index (χ0v) is 14.2. The molecule has 128 valence electrons. The molecule has 1 aromatic heterocycles. The zero-order chi connectivity index (χ0) is 16.9. The smallest absolute Gasteiger partial charge is 0.410 e. The van der Waals surface area contributed by atoms with Crippen LogP contribution in [0.1, 0.15) is 33.6 Å². The molecule has 1 saturated heterocycles. The summed E-state index contributed by atoms with van der Waals surface area (Å²) in [4.78, 5) is 21.9. The minimum atomic E-state index is -0.474. The van der Waals surface area contributed by atoms with Crippen molar-refractivity contribution in [1.29, 1.82) is 0 Å². The van der Waals surface area contributed by atoms with Crippen molar-refractivity contribution in [3.63, 3.8) is 0 Å². The number of piperidine rings is 1. The third-order valence-electron chi connectivity index (χ3n) is 3.46. The molecule has 1 aromatic rings. The normalized spacial score (nSPS) is 18.4. The van der Waals surface area contributed by atoms with Crippen LogP contribution in [0.5, 0.6) is 11.8 Å². The fourth-order valence-electron chi connectivity index (χ4n) is 2.41. The Morgan fingerprint density at radius 3 is 2.78 bits per heavy atom. The molecule has 7 heteroatoms. The van der Waals surface area contributed by atoms with Crippen LogP contribution in [0.4, 0.5) is 4.79 Å². The van der Waals surface area contributed by atoms with E-state index in [1.165, 1.54) is 6.33 Å². The van der Waals surface area contributed by atoms with Gasteiger partial charge in [0.25, 0.3) is 0 Å². The monoisotopic (exact) mass is 323 g/mol. The predicted molar refractivity (Wildman–Crippen MR) is 84.6 cm³/mol. The molecule has 1 fully saturated rings. The van der Waals surface area contributed by atoms with Gasteiger partial charge >= 0.3 is 6.09 Å². The zero-order valence-electron chi connectivity index (χ0n) is 14.2. The Hall–Kier alpha value is -2.05. The van der Waals surface area contributed by atoms with Crippen molar-refractivity contribution < 1.29 is 19.0 Å². The molecule has 1 amide bonds. The highest BCUT2D eigenvalue weighted by atomic mass is 16.6. The second-order valence-electron chi connectivity index (χ2n) is 6.64. The van der Waals surface area contributed by atoms with E-state index in [4.69, 9.17) is 14.2 Å². The molecule has 1 aliphatic heterocycles. The van der Waals surface area contributed by atoms with Crippen molar-refractivity contribution in [3.8, 4) is 11.8 Å². The number of rotatable bonds is 4. The average molecular weight is 323 g/mol. The Morgan fingerprint density at radius 2 is 2.09 bits per heavy atom. The number of nitrogens with zero attached hydrogens (tertiary/aromatic N) is 3. The van der Waals surface area contributed by atoms with Crippen molar-refractivity contribution in [2.75, 3.05) is 26.8 Å². The van der Waals surface area contributed by atoms with Crippen molar-refractivity contribution in [3.05, 3.63) is 12.4 Å². The highest BCUT2D eigenvalue weighted by molar-refractivity contribution is 5.68. The molecule has 1 aliphatic rings. The van der Waals surface area contributed by atoms with Crippen molar-refractivity contribution in [2.24, 2.45) is 5.92 Å². The maximum absolute atomic E-state index is 12.1. The molecule has 0 aliphatic carbocycles. The van der Waals surface area contributed by atoms with E-state index in [1.54, 1.807) is 18.1 Å². The molecule has 1 unspecified atom stereocenters. The largest absolute Gasteiger partial charge is 0.481 e. The maximum Gasteiger partial charge on any atom is 0.410 e. The first-order valence-electron chi connectivity index (χ1n) is 7.84. The van der Waals surface area contributed by atoms with Gasteiger partial charge in [0.1, 0.15) is 11.9 Å². The van der Waals surface area contributed by atoms with Gasteiger partial charge in [0.05, 0.1) is 19.8 Å². The summed E-state index contributed by atoms with van der Waals surface area (Å²) in [7, 11) is 1.55. The fourth-order valence-corrected chi connectivity index (χ4v) is 2.41. The summed E-state index contributed by atoms with van der Waals surface area (Å²) in [5, 5.41) is 0. The van der Waals surface area contributed by atoms with E-state index in [0.29, 0.717) is 24.9 Å². The van der Waals surface area contributed by atoms with Crippen LogP contribution in [0.3, 0.4) is 0 Å². The van der Waals surface area contributed by atoms with Gasteiger partial charge in [-0.3, -0.25) is 0 Å². The fraction of sp³-hybridized carbons (Fsp3) is 0.688. The average Bonchev–Trinajstić information content (AvgIpc) is 2.52. The van der Waals surface area contributed by atoms with Crippen LogP contribution in [-0.4, -0.2) is 53.4 Å². The second-order valence-corrected chi connectivity index (χ2v) is 6.64. The van der Waals surface area contributed by atoms with Gasteiger partial charge in [0, 0.05) is 19.0 Å². The van der Waals surface area contributed by atoms with Gasteiger partial charge in [-0.2, -0.15) is 0 Å². The van der Waals surface area contributed by atoms with Crippen LogP contribution < -0.4 is 9.47 Å². The number of carbonyl (C=O) groups excluding carboxylic acids is 1. The number of carbonyl (C=O) groups is 1. The third kappa shape index (κ3) is 5.58. The van der Waals surface area contributed by atoms with Gasteiger partial charge in [-0.25, -0.2) is 14.8 Å². The summed E-state index contributed by atoms with van der Waals surface area (Å²) in [5.41, 5.74) is -0.474. The van der Waals surface area contributed by atoms with Crippen molar-refractivity contribution >= 4 is 6.09 Å². The summed E-state index contributed by atoms with van der Waals surface area (Å²) in [5.74, 6) is 1.21. The number of hydrogen-bond acceptors (Lipinski definition) is 6. The Morgan fingerprint density at radius 1 is 1.35 bits per heavy atom. The molecule has 2 rings (SSSR count). The first kappa shape index (κ1) is 17.3. The van der Waals surface area contributed by atoms with E-state index >= 15 is 0 Å². The second kappa shape index (κ2) is 7.48. The van der Waals surface area contributed by atoms with E-state index in [1.807, 2.05) is 20.8 Å². The van der Waals surface area contributed by atoms with E-state index in [9.17, 15) is 4.79 Å². The molecule has 0 spiro atoms. The number of aromatic nitrogens is 2. The number of ether oxygens (including phenoxy) is 3. The van der Waals surface area contributed by atoms with Crippen LogP contribution in [0.15, 0.2) is 12.4 Å². The van der Waals surface area contributed by atoms with E-state index in [2.05, 4.69) is 9.97 Å². The molecule has 2 heterocycles. The van der Waals surface area contributed by atoms with Crippen LogP contribution in [0.25, 0.3) is 0 Å². The highest BCUT2D eigenvalue weighted by Gasteiger charge is 2.28. The summed E-state index contributed by atoms with van der Waals surface area (Å²) in [6.45, 7) is 7.48. The van der Waals surface area contributed by atoms with Crippen LogP contribution in [0, 0.1) is 5.92 Å². The topological polar surface area (TPSA) is 73.8 Å². The summed E-state index contributed by atoms with van der Waals surface area (Å²) < 4.78 is 16.2. The molecule has 0 radical (unpaired) electrons. The number of likely N-dealkylation sites (tertiary alicyclic amines) is 1. The van der Waals surface area contributed by atoms with Crippen molar-refractivity contribution in [1.82, 2.24) is 14.9 Å². The lowest BCUT2D eigenvalue weighted by atomic mass is 9.99. The number of amides is 1. The van der Waals surface area contributed by atoms with Gasteiger partial charge in [0.2, 0.25) is 11.8 Å². The quantitative estimate of drug-likeness (QED) is 0.847. The third-order valence-corrected chi connectivity index (χ3v) is 3.46. The van der Waals surface area contributed by atoms with Gasteiger partial charge in [0.15, 0.2) is 0 Å². The summed E-state index contributed by atoms with van der Waals surface area (Å²) >= 11 is 0. The highest BCUT2D eigenvalue weighted by Crippen LogP contribution is 2.21. The van der Waals surface area contributed by atoms with Crippen LogP contribution in [-0.2, 0) is 4.74 Å². The van der Waals surface area contributed by atoms with E-state index in [0.717, 1.165) is 19.4 Å². The van der Waals surface area contributed by atoms with E-state index in [-0.39, 0.29) is 12.0 Å². The first-order valence-corrected chi connectivity index (χ1v) is 7.84. The molecular formula is C16H25N3O4. The minimum absolute atomic E-state index is 0.258. The summed E-state index contributed by atoms with van der Waals surface area (Å²) in [6, 6.07) is 1.65. The van der Waals surface area contributed by atoms with Crippen LogP contribution >= 0.6 is 0 Å². The Bertz CT molecular complexity index is 530. The number of methoxy groups -OCH3 is 1. The maximum atomic E-state index is 12.1. The van der Waals surface area contributed by atoms with E-state index < -0.39 is 5.60 Å².